The number of aliphatic hydroxyl groups is 1. The fourth-order valence-electron chi connectivity index (χ4n) is 2.46. The van der Waals surface area contributed by atoms with Crippen molar-refractivity contribution in [3.8, 4) is 0 Å². The van der Waals surface area contributed by atoms with Gasteiger partial charge in [0, 0.05) is 25.9 Å². The summed E-state index contributed by atoms with van der Waals surface area (Å²) in [5.41, 5.74) is 0.997. The minimum Gasteiger partial charge on any atom is -0.394 e. The number of amides is 1. The van der Waals surface area contributed by atoms with Gasteiger partial charge in [0.05, 0.1) is 34.5 Å². The van der Waals surface area contributed by atoms with Gasteiger partial charge >= 0.3 is 0 Å². The molecule has 2 heterocycles. The zero-order valence-electron chi connectivity index (χ0n) is 11.7. The predicted octanol–water partition coefficient (Wildman–Crippen LogP) is 1.45. The van der Waals surface area contributed by atoms with Crippen LogP contribution in [0.5, 0.6) is 0 Å². The third-order valence-corrected chi connectivity index (χ3v) is 4.68. The molecule has 1 amide bonds. The molecule has 6 heteroatoms. The first-order valence-corrected chi connectivity index (χ1v) is 7.92. The Bertz CT molecular complexity index is 595. The van der Waals surface area contributed by atoms with Gasteiger partial charge in [-0.15, -0.1) is 11.3 Å². The molecule has 1 aromatic carbocycles. The van der Waals surface area contributed by atoms with Crippen LogP contribution in [0.15, 0.2) is 24.3 Å². The van der Waals surface area contributed by atoms with E-state index >= 15 is 0 Å². The number of para-hydroxylation sites is 1. The second-order valence-electron chi connectivity index (χ2n) is 5.09. The number of rotatable bonds is 4. The van der Waals surface area contributed by atoms with Crippen LogP contribution in [0.2, 0.25) is 0 Å². The van der Waals surface area contributed by atoms with Crippen LogP contribution in [0.4, 0.5) is 0 Å². The van der Waals surface area contributed by atoms with Crippen molar-refractivity contribution in [3.63, 3.8) is 0 Å². The zero-order chi connectivity index (χ0) is 14.7. The molecule has 112 valence electrons. The Morgan fingerprint density at radius 1 is 1.48 bits per heavy atom. The number of aromatic nitrogens is 1. The van der Waals surface area contributed by atoms with Gasteiger partial charge < -0.3 is 14.7 Å². The number of benzene rings is 1. The van der Waals surface area contributed by atoms with E-state index in [1.165, 1.54) is 0 Å². The molecule has 5 nitrogen and oxygen atoms in total. The standard InChI is InChI=1S/C15H18N2O3S/c18-10-11-9-17(7-8-20-11)15(19)6-5-14-16-12-3-1-2-4-13(12)21-14/h1-4,11,18H,5-10H2. The highest BCUT2D eigenvalue weighted by Crippen LogP contribution is 2.22. The quantitative estimate of drug-likeness (QED) is 0.928. The fourth-order valence-corrected chi connectivity index (χ4v) is 3.42. The van der Waals surface area contributed by atoms with Gasteiger partial charge in [0.2, 0.25) is 5.91 Å². The zero-order valence-corrected chi connectivity index (χ0v) is 12.5. The third kappa shape index (κ3) is 3.40. The molecule has 0 aliphatic carbocycles. The van der Waals surface area contributed by atoms with E-state index in [0.717, 1.165) is 15.2 Å². The summed E-state index contributed by atoms with van der Waals surface area (Å²) in [7, 11) is 0. The maximum atomic E-state index is 12.2. The number of carbonyl (C=O) groups is 1. The van der Waals surface area contributed by atoms with Gasteiger partial charge in [-0.1, -0.05) is 12.1 Å². The number of ether oxygens (including phenoxy) is 1. The Labute approximate surface area is 127 Å². The summed E-state index contributed by atoms with van der Waals surface area (Å²) in [5, 5.41) is 10.1. The number of nitrogens with zero attached hydrogens (tertiary/aromatic N) is 2. The van der Waals surface area contributed by atoms with Gasteiger partial charge in [0.15, 0.2) is 0 Å². The number of thiazole rings is 1. The van der Waals surface area contributed by atoms with Gasteiger partial charge in [0.25, 0.3) is 0 Å². The molecule has 1 unspecified atom stereocenters. The third-order valence-electron chi connectivity index (χ3n) is 3.59. The molecule has 0 spiro atoms. The SMILES string of the molecule is O=C(CCc1nc2ccccc2s1)N1CCOC(CO)C1. The van der Waals surface area contributed by atoms with Gasteiger partial charge in [-0.25, -0.2) is 4.98 Å². The number of aliphatic hydroxyl groups excluding tert-OH is 1. The van der Waals surface area contributed by atoms with Crippen LogP contribution in [0.25, 0.3) is 10.2 Å². The molecule has 0 saturated carbocycles. The molecule has 1 fully saturated rings. The van der Waals surface area contributed by atoms with Crippen LogP contribution in [0.3, 0.4) is 0 Å². The summed E-state index contributed by atoms with van der Waals surface area (Å²) in [6, 6.07) is 8.01. The van der Waals surface area contributed by atoms with E-state index in [1.807, 2.05) is 24.3 Å². The van der Waals surface area contributed by atoms with E-state index in [0.29, 0.717) is 32.5 Å². The molecular weight excluding hydrogens is 288 g/mol. The van der Waals surface area contributed by atoms with Crippen LogP contribution in [0, 0.1) is 0 Å². The largest absolute Gasteiger partial charge is 0.394 e. The van der Waals surface area contributed by atoms with Crippen molar-refractivity contribution in [3.05, 3.63) is 29.3 Å². The molecule has 1 aliphatic heterocycles. The van der Waals surface area contributed by atoms with Crippen LogP contribution < -0.4 is 0 Å². The normalized spacial score (nSPS) is 19.1. The van der Waals surface area contributed by atoms with Crippen molar-refractivity contribution >= 4 is 27.5 Å². The highest BCUT2D eigenvalue weighted by Gasteiger charge is 2.23. The van der Waals surface area contributed by atoms with E-state index in [1.54, 1.807) is 16.2 Å². The second kappa shape index (κ2) is 6.51. The maximum absolute atomic E-state index is 12.2. The van der Waals surface area contributed by atoms with Crippen molar-refractivity contribution < 1.29 is 14.6 Å². The van der Waals surface area contributed by atoms with Crippen LogP contribution in [-0.4, -0.2) is 53.3 Å². The van der Waals surface area contributed by atoms with Crippen molar-refractivity contribution in [1.82, 2.24) is 9.88 Å². The first-order chi connectivity index (χ1) is 10.3. The summed E-state index contributed by atoms with van der Waals surface area (Å²) in [4.78, 5) is 18.5. The number of fused-ring (bicyclic) bond motifs is 1. The molecule has 1 atom stereocenters. The fraction of sp³-hybridized carbons (Fsp3) is 0.467. The summed E-state index contributed by atoms with van der Waals surface area (Å²) in [6.45, 7) is 1.55. The van der Waals surface area contributed by atoms with Gasteiger partial charge in [-0.3, -0.25) is 4.79 Å². The van der Waals surface area contributed by atoms with Crippen LogP contribution in [0.1, 0.15) is 11.4 Å². The maximum Gasteiger partial charge on any atom is 0.223 e. The van der Waals surface area contributed by atoms with Crippen LogP contribution in [-0.2, 0) is 16.0 Å². The van der Waals surface area contributed by atoms with Crippen molar-refractivity contribution in [1.29, 1.82) is 0 Å². The Hall–Kier alpha value is -1.50. The van der Waals surface area contributed by atoms with Gasteiger partial charge in [-0.05, 0) is 12.1 Å². The lowest BCUT2D eigenvalue weighted by Gasteiger charge is -2.32. The van der Waals surface area contributed by atoms with Crippen molar-refractivity contribution in [2.45, 2.75) is 18.9 Å². The summed E-state index contributed by atoms with van der Waals surface area (Å²) in [6.07, 6.45) is 0.877. The smallest absolute Gasteiger partial charge is 0.223 e. The molecule has 3 rings (SSSR count). The number of hydrogen-bond acceptors (Lipinski definition) is 5. The average Bonchev–Trinajstić information content (AvgIpc) is 2.95. The van der Waals surface area contributed by atoms with Crippen molar-refractivity contribution in [2.24, 2.45) is 0 Å². The van der Waals surface area contributed by atoms with E-state index < -0.39 is 0 Å². The lowest BCUT2D eigenvalue weighted by atomic mass is 10.2. The van der Waals surface area contributed by atoms with Crippen molar-refractivity contribution in [2.75, 3.05) is 26.3 Å². The highest BCUT2D eigenvalue weighted by atomic mass is 32.1. The molecule has 2 aromatic rings. The number of aryl methyl sites for hydroxylation is 1. The Morgan fingerprint density at radius 3 is 3.14 bits per heavy atom. The monoisotopic (exact) mass is 306 g/mol. The molecule has 1 N–H and O–H groups in total. The van der Waals surface area contributed by atoms with E-state index in [4.69, 9.17) is 9.84 Å². The molecule has 0 radical (unpaired) electrons. The number of morpholine rings is 1. The lowest BCUT2D eigenvalue weighted by Crippen LogP contribution is -2.46. The molecule has 1 saturated heterocycles. The first kappa shape index (κ1) is 14.4. The van der Waals surface area contributed by atoms with E-state index in [2.05, 4.69) is 4.98 Å². The summed E-state index contributed by atoms with van der Waals surface area (Å²) in [5.74, 6) is 0.107. The second-order valence-corrected chi connectivity index (χ2v) is 6.21. The van der Waals surface area contributed by atoms with Gasteiger partial charge in [-0.2, -0.15) is 0 Å². The minimum atomic E-state index is -0.245. The Kier molecular flexibility index (Phi) is 4.48. The Morgan fingerprint density at radius 2 is 2.33 bits per heavy atom. The Balaban J connectivity index is 1.57. The summed E-state index contributed by atoms with van der Waals surface area (Å²) >= 11 is 1.64. The molecule has 1 aromatic heterocycles. The molecular formula is C15H18N2O3S. The number of hydrogen-bond donors (Lipinski definition) is 1. The topological polar surface area (TPSA) is 62.7 Å². The van der Waals surface area contributed by atoms with E-state index in [9.17, 15) is 4.79 Å². The van der Waals surface area contributed by atoms with E-state index in [-0.39, 0.29) is 18.6 Å². The minimum absolute atomic E-state index is 0.0400. The molecule has 1 aliphatic rings. The van der Waals surface area contributed by atoms with Gasteiger partial charge in [0.1, 0.15) is 0 Å². The lowest BCUT2D eigenvalue weighted by molar-refractivity contribution is -0.140. The number of carbonyl (C=O) groups excluding carboxylic acids is 1. The van der Waals surface area contributed by atoms with Crippen LogP contribution >= 0.6 is 11.3 Å². The average molecular weight is 306 g/mol. The highest BCUT2D eigenvalue weighted by molar-refractivity contribution is 7.18. The first-order valence-electron chi connectivity index (χ1n) is 7.11. The molecule has 0 bridgehead atoms. The predicted molar refractivity (Wildman–Crippen MR) is 81.3 cm³/mol. The molecule has 21 heavy (non-hydrogen) atoms. The summed E-state index contributed by atoms with van der Waals surface area (Å²) < 4.78 is 6.51.